The van der Waals surface area contributed by atoms with Gasteiger partial charge < -0.3 is 15.7 Å². The third kappa shape index (κ3) is 5.10. The third-order valence-corrected chi connectivity index (χ3v) is 4.83. The lowest BCUT2D eigenvalue weighted by atomic mass is 10.1. The van der Waals surface area contributed by atoms with Crippen molar-refractivity contribution in [2.24, 2.45) is 0 Å². The van der Waals surface area contributed by atoms with Gasteiger partial charge in [-0.3, -0.25) is 4.79 Å². The number of nitrogens with one attached hydrogen (secondary N) is 2. The highest BCUT2D eigenvalue weighted by Gasteiger charge is 2.23. The first-order chi connectivity index (χ1) is 14.1. The van der Waals surface area contributed by atoms with E-state index in [9.17, 15) is 9.90 Å². The smallest absolute Gasteiger partial charge is 0.251 e. The average molecular weight is 388 g/mol. The summed E-state index contributed by atoms with van der Waals surface area (Å²) >= 11 is 0. The summed E-state index contributed by atoms with van der Waals surface area (Å²) in [5.74, 6) is 1.64. The van der Waals surface area contributed by atoms with Crippen LogP contribution >= 0.6 is 0 Å². The standard InChI is InChI=1S/C23H24N4O2/c1-15-14-21(24-13-12-16-2-10-20(28)11-3-16)27-22(25-15)17-4-6-18(7-5-17)23(29)26-19-8-9-19/h2-7,10-11,14,19,28H,8-9,12-13H2,1H3,(H,26,29)(H,24,25,27). The predicted molar refractivity (Wildman–Crippen MR) is 113 cm³/mol. The van der Waals surface area contributed by atoms with Crippen LogP contribution in [0.3, 0.4) is 0 Å². The Labute approximate surface area is 170 Å². The summed E-state index contributed by atoms with van der Waals surface area (Å²) in [5, 5.41) is 15.7. The summed E-state index contributed by atoms with van der Waals surface area (Å²) in [7, 11) is 0. The zero-order valence-corrected chi connectivity index (χ0v) is 16.4. The summed E-state index contributed by atoms with van der Waals surface area (Å²) in [6.07, 6.45) is 2.97. The number of carbonyl (C=O) groups is 1. The lowest BCUT2D eigenvalue weighted by Crippen LogP contribution is -2.25. The van der Waals surface area contributed by atoms with Crippen LogP contribution in [-0.2, 0) is 6.42 Å². The maximum absolute atomic E-state index is 12.1. The second kappa shape index (κ2) is 8.31. The highest BCUT2D eigenvalue weighted by molar-refractivity contribution is 5.95. The Hall–Kier alpha value is -3.41. The molecule has 3 N–H and O–H groups in total. The number of hydrogen-bond donors (Lipinski definition) is 3. The van der Waals surface area contributed by atoms with Gasteiger partial charge in [0.15, 0.2) is 5.82 Å². The molecular weight excluding hydrogens is 364 g/mol. The Morgan fingerprint density at radius 1 is 1.07 bits per heavy atom. The Balaban J connectivity index is 1.41. The van der Waals surface area contributed by atoms with Crippen molar-refractivity contribution in [3.8, 4) is 17.1 Å². The molecule has 3 aromatic rings. The Morgan fingerprint density at radius 3 is 2.48 bits per heavy atom. The molecule has 6 heteroatoms. The molecule has 0 spiro atoms. The van der Waals surface area contributed by atoms with Crippen molar-refractivity contribution in [1.82, 2.24) is 15.3 Å². The van der Waals surface area contributed by atoms with Gasteiger partial charge in [-0.1, -0.05) is 24.3 Å². The van der Waals surface area contributed by atoms with Crippen LogP contribution in [0.4, 0.5) is 5.82 Å². The van der Waals surface area contributed by atoms with Gasteiger partial charge in [0.2, 0.25) is 0 Å². The van der Waals surface area contributed by atoms with E-state index in [0.29, 0.717) is 17.4 Å². The number of aryl methyl sites for hydroxylation is 1. The van der Waals surface area contributed by atoms with Crippen LogP contribution in [0.25, 0.3) is 11.4 Å². The van der Waals surface area contributed by atoms with E-state index in [1.54, 1.807) is 12.1 Å². The van der Waals surface area contributed by atoms with Crippen molar-refractivity contribution in [2.45, 2.75) is 32.2 Å². The van der Waals surface area contributed by atoms with E-state index in [1.807, 2.05) is 49.4 Å². The Bertz CT molecular complexity index is 996. The van der Waals surface area contributed by atoms with Crippen molar-refractivity contribution in [1.29, 1.82) is 0 Å². The third-order valence-electron chi connectivity index (χ3n) is 4.83. The fourth-order valence-corrected chi connectivity index (χ4v) is 3.05. The lowest BCUT2D eigenvalue weighted by molar-refractivity contribution is 0.0951. The van der Waals surface area contributed by atoms with Crippen molar-refractivity contribution in [3.05, 3.63) is 71.4 Å². The van der Waals surface area contributed by atoms with Gasteiger partial charge in [-0.2, -0.15) is 0 Å². The van der Waals surface area contributed by atoms with Crippen molar-refractivity contribution >= 4 is 11.7 Å². The van der Waals surface area contributed by atoms with Crippen LogP contribution < -0.4 is 10.6 Å². The molecule has 1 aliphatic rings. The van der Waals surface area contributed by atoms with Crippen LogP contribution in [0.5, 0.6) is 5.75 Å². The molecular formula is C23H24N4O2. The van der Waals surface area contributed by atoms with Gasteiger partial charge in [-0.25, -0.2) is 9.97 Å². The molecule has 1 saturated carbocycles. The number of amides is 1. The molecule has 0 atom stereocenters. The van der Waals surface area contributed by atoms with Gasteiger partial charge in [0, 0.05) is 35.5 Å². The number of phenolic OH excluding ortho intramolecular Hbond substituents is 1. The molecule has 0 unspecified atom stereocenters. The molecule has 1 aromatic heterocycles. The average Bonchev–Trinajstić information content (AvgIpc) is 3.53. The minimum absolute atomic E-state index is 0.0270. The number of carbonyl (C=O) groups excluding carboxylic acids is 1. The number of rotatable bonds is 7. The highest BCUT2D eigenvalue weighted by atomic mass is 16.3. The van der Waals surface area contributed by atoms with Gasteiger partial charge in [0.1, 0.15) is 11.6 Å². The van der Waals surface area contributed by atoms with Crippen molar-refractivity contribution in [2.75, 3.05) is 11.9 Å². The van der Waals surface area contributed by atoms with Crippen LogP contribution in [0.1, 0.15) is 34.5 Å². The number of aromatic nitrogens is 2. The number of phenols is 1. The van der Waals surface area contributed by atoms with Gasteiger partial charge in [-0.05, 0) is 56.0 Å². The monoisotopic (exact) mass is 388 g/mol. The topological polar surface area (TPSA) is 87.1 Å². The van der Waals surface area contributed by atoms with Gasteiger partial charge in [0.25, 0.3) is 5.91 Å². The van der Waals surface area contributed by atoms with Crippen LogP contribution in [0, 0.1) is 6.92 Å². The maximum atomic E-state index is 12.1. The molecule has 148 valence electrons. The summed E-state index contributed by atoms with van der Waals surface area (Å²) < 4.78 is 0. The highest BCUT2D eigenvalue weighted by Crippen LogP contribution is 2.21. The normalized spacial score (nSPS) is 13.1. The summed E-state index contributed by atoms with van der Waals surface area (Å²) in [4.78, 5) is 21.3. The summed E-state index contributed by atoms with van der Waals surface area (Å²) in [6.45, 7) is 2.66. The number of anilines is 1. The first kappa shape index (κ1) is 18.9. The lowest BCUT2D eigenvalue weighted by Gasteiger charge is -2.10. The van der Waals surface area contributed by atoms with Crippen molar-refractivity contribution in [3.63, 3.8) is 0 Å². The Morgan fingerprint density at radius 2 is 1.79 bits per heavy atom. The van der Waals surface area contributed by atoms with Gasteiger partial charge in [0.05, 0.1) is 0 Å². The molecule has 0 aliphatic heterocycles. The van der Waals surface area contributed by atoms with E-state index in [2.05, 4.69) is 20.6 Å². The van der Waals surface area contributed by atoms with E-state index in [-0.39, 0.29) is 11.7 Å². The van der Waals surface area contributed by atoms with Gasteiger partial charge >= 0.3 is 0 Å². The predicted octanol–water partition coefficient (Wildman–Crippen LogP) is 3.70. The molecule has 1 fully saturated rings. The largest absolute Gasteiger partial charge is 0.508 e. The number of hydrogen-bond acceptors (Lipinski definition) is 5. The number of aromatic hydroxyl groups is 1. The van der Waals surface area contributed by atoms with Crippen molar-refractivity contribution < 1.29 is 9.90 Å². The van der Waals surface area contributed by atoms with Crippen LogP contribution in [0.15, 0.2) is 54.6 Å². The second-order valence-corrected chi connectivity index (χ2v) is 7.39. The van der Waals surface area contributed by atoms with Gasteiger partial charge in [-0.15, -0.1) is 0 Å². The van der Waals surface area contributed by atoms with E-state index >= 15 is 0 Å². The zero-order chi connectivity index (χ0) is 20.2. The molecule has 0 saturated heterocycles. The van der Waals surface area contributed by atoms with Crippen LogP contribution in [-0.4, -0.2) is 33.6 Å². The Kier molecular flexibility index (Phi) is 5.42. The molecule has 29 heavy (non-hydrogen) atoms. The molecule has 2 aromatic carbocycles. The number of benzene rings is 2. The molecule has 1 heterocycles. The van der Waals surface area contributed by atoms with E-state index < -0.39 is 0 Å². The van der Waals surface area contributed by atoms with E-state index in [4.69, 9.17) is 0 Å². The second-order valence-electron chi connectivity index (χ2n) is 7.39. The quantitative estimate of drug-likeness (QED) is 0.574. The molecule has 4 rings (SSSR count). The first-order valence-electron chi connectivity index (χ1n) is 9.85. The van der Waals surface area contributed by atoms with E-state index in [0.717, 1.165) is 48.4 Å². The minimum Gasteiger partial charge on any atom is -0.508 e. The summed E-state index contributed by atoms with van der Waals surface area (Å²) in [5.41, 5.74) is 3.54. The number of nitrogens with zero attached hydrogens (tertiary/aromatic N) is 2. The molecule has 0 radical (unpaired) electrons. The maximum Gasteiger partial charge on any atom is 0.251 e. The summed E-state index contributed by atoms with van der Waals surface area (Å²) in [6, 6.07) is 16.9. The van der Waals surface area contributed by atoms with E-state index in [1.165, 1.54) is 0 Å². The van der Waals surface area contributed by atoms with Crippen LogP contribution in [0.2, 0.25) is 0 Å². The minimum atomic E-state index is -0.0270. The first-order valence-corrected chi connectivity index (χ1v) is 9.85. The SMILES string of the molecule is Cc1cc(NCCc2ccc(O)cc2)nc(-c2ccc(C(=O)NC3CC3)cc2)n1. The fourth-order valence-electron chi connectivity index (χ4n) is 3.05. The molecule has 1 aliphatic carbocycles. The molecule has 6 nitrogen and oxygen atoms in total. The zero-order valence-electron chi connectivity index (χ0n) is 16.4. The fraction of sp³-hybridized carbons (Fsp3) is 0.261. The molecule has 0 bridgehead atoms. The molecule has 1 amide bonds.